The van der Waals surface area contributed by atoms with Crippen molar-refractivity contribution < 1.29 is 0 Å². The predicted octanol–water partition coefficient (Wildman–Crippen LogP) is 0.0398. The molecule has 0 saturated carbocycles. The lowest BCUT2D eigenvalue weighted by Gasteiger charge is -2.31. The molecule has 0 amide bonds. The van der Waals surface area contributed by atoms with Crippen LogP contribution in [0.2, 0.25) is 0 Å². The van der Waals surface area contributed by atoms with Crippen LogP contribution >= 0.6 is 0 Å². The van der Waals surface area contributed by atoms with Crippen molar-refractivity contribution >= 4 is 5.84 Å². The summed E-state index contributed by atoms with van der Waals surface area (Å²) in [5.74, 6) is 1.21. The zero-order chi connectivity index (χ0) is 6.97. The van der Waals surface area contributed by atoms with Crippen LogP contribution in [0.1, 0.15) is 13.3 Å². The third-order valence-corrected chi connectivity index (χ3v) is 2.32. The molecule has 0 aliphatic carbocycles. The van der Waals surface area contributed by atoms with E-state index < -0.39 is 0 Å². The highest BCUT2D eigenvalue weighted by atomic mass is 15.3. The molecule has 3 heteroatoms. The maximum Gasteiger partial charge on any atom is 0.0971 e. The van der Waals surface area contributed by atoms with Gasteiger partial charge in [0.25, 0.3) is 0 Å². The molecular weight excluding hydrogens is 126 g/mol. The first-order valence-electron chi connectivity index (χ1n) is 3.86. The number of aliphatic imine (C=N–C) groups is 1. The molecule has 1 unspecified atom stereocenters. The van der Waals surface area contributed by atoms with Gasteiger partial charge in [0, 0.05) is 0 Å². The van der Waals surface area contributed by atoms with Crippen molar-refractivity contribution in [3.05, 3.63) is 0 Å². The van der Waals surface area contributed by atoms with Crippen LogP contribution in [-0.4, -0.2) is 36.5 Å². The average molecular weight is 139 g/mol. The summed E-state index contributed by atoms with van der Waals surface area (Å²) in [5.41, 5.74) is 0. The Morgan fingerprint density at radius 2 is 2.60 bits per heavy atom. The van der Waals surface area contributed by atoms with Crippen LogP contribution in [0.15, 0.2) is 4.99 Å². The first-order valence-corrected chi connectivity index (χ1v) is 3.86. The maximum atomic E-state index is 4.38. The summed E-state index contributed by atoms with van der Waals surface area (Å²) in [4.78, 5) is 6.73. The maximum absolute atomic E-state index is 4.38. The number of amidine groups is 1. The molecule has 0 radical (unpaired) electrons. The smallest absolute Gasteiger partial charge is 0.0971 e. The van der Waals surface area contributed by atoms with E-state index in [4.69, 9.17) is 0 Å². The Balaban J connectivity index is 2.08. The van der Waals surface area contributed by atoms with Crippen molar-refractivity contribution in [1.29, 1.82) is 0 Å². The van der Waals surface area contributed by atoms with E-state index in [9.17, 15) is 0 Å². The summed E-state index contributed by atoms with van der Waals surface area (Å²) in [7, 11) is 0. The number of nitrogens with one attached hydrogen (secondary N) is 1. The van der Waals surface area contributed by atoms with E-state index in [1.165, 1.54) is 12.3 Å². The second-order valence-electron chi connectivity index (χ2n) is 2.96. The van der Waals surface area contributed by atoms with E-state index in [1.807, 2.05) is 0 Å². The Morgan fingerprint density at radius 1 is 1.70 bits per heavy atom. The van der Waals surface area contributed by atoms with Gasteiger partial charge in [-0.2, -0.15) is 0 Å². The molecule has 1 N–H and O–H groups in total. The lowest BCUT2D eigenvalue weighted by molar-refractivity contribution is 0.255. The zero-order valence-corrected chi connectivity index (χ0v) is 6.30. The molecular formula is C7H13N3. The largest absolute Gasteiger partial charge is 0.343 e. The molecule has 2 heterocycles. The van der Waals surface area contributed by atoms with Crippen LogP contribution in [0.4, 0.5) is 0 Å². The lowest BCUT2D eigenvalue weighted by atomic mass is 10.1. The second kappa shape index (κ2) is 2.23. The van der Waals surface area contributed by atoms with Gasteiger partial charge in [0.15, 0.2) is 0 Å². The number of rotatable bonds is 0. The molecule has 0 aromatic rings. The number of hydrogen-bond donors (Lipinski definition) is 1. The van der Waals surface area contributed by atoms with Crippen LogP contribution < -0.4 is 5.32 Å². The average Bonchev–Trinajstić information content (AvgIpc) is 2.34. The minimum Gasteiger partial charge on any atom is -0.343 e. The highest BCUT2D eigenvalue weighted by molar-refractivity contribution is 5.81. The van der Waals surface area contributed by atoms with Gasteiger partial charge in [0.2, 0.25) is 0 Å². The minimum absolute atomic E-state index is 0.709. The fourth-order valence-corrected chi connectivity index (χ4v) is 1.65. The van der Waals surface area contributed by atoms with E-state index in [0.29, 0.717) is 6.04 Å². The number of nitrogens with zero attached hydrogens (tertiary/aromatic N) is 2. The molecule has 10 heavy (non-hydrogen) atoms. The summed E-state index contributed by atoms with van der Waals surface area (Å²) < 4.78 is 0. The molecule has 0 aromatic carbocycles. The summed E-state index contributed by atoms with van der Waals surface area (Å²) >= 11 is 0. The van der Waals surface area contributed by atoms with Crippen LogP contribution in [0.3, 0.4) is 0 Å². The van der Waals surface area contributed by atoms with Crippen molar-refractivity contribution in [2.24, 2.45) is 4.99 Å². The van der Waals surface area contributed by atoms with Gasteiger partial charge in [-0.05, 0) is 19.9 Å². The fraction of sp³-hybridized carbons (Fsp3) is 0.857. The number of hydrogen-bond acceptors (Lipinski definition) is 3. The molecule has 2 rings (SSSR count). The summed E-state index contributed by atoms with van der Waals surface area (Å²) in [6.07, 6.45) is 1.25. The van der Waals surface area contributed by atoms with E-state index in [0.717, 1.165) is 19.8 Å². The highest BCUT2D eigenvalue weighted by Crippen LogP contribution is 2.14. The molecule has 1 fully saturated rings. The lowest BCUT2D eigenvalue weighted by Crippen LogP contribution is -2.48. The van der Waals surface area contributed by atoms with Crippen LogP contribution in [-0.2, 0) is 0 Å². The van der Waals surface area contributed by atoms with Crippen molar-refractivity contribution in [3.63, 3.8) is 0 Å². The van der Waals surface area contributed by atoms with Gasteiger partial charge in [0.05, 0.1) is 25.1 Å². The van der Waals surface area contributed by atoms with Gasteiger partial charge >= 0.3 is 0 Å². The molecule has 2 aliphatic heterocycles. The predicted molar refractivity (Wildman–Crippen MR) is 41.1 cm³/mol. The third-order valence-electron chi connectivity index (χ3n) is 2.32. The topological polar surface area (TPSA) is 27.6 Å². The molecule has 2 aliphatic rings. The SMILES string of the molecule is CC1=NCC2CCNCN12. The molecule has 0 spiro atoms. The van der Waals surface area contributed by atoms with Crippen molar-refractivity contribution in [2.45, 2.75) is 19.4 Å². The third kappa shape index (κ3) is 0.814. The van der Waals surface area contributed by atoms with E-state index in [1.54, 1.807) is 0 Å². The van der Waals surface area contributed by atoms with Gasteiger partial charge in [-0.15, -0.1) is 0 Å². The number of fused-ring (bicyclic) bond motifs is 1. The normalized spacial score (nSPS) is 31.9. The standard InChI is InChI=1S/C7H13N3/c1-6-9-4-7-2-3-8-5-10(6)7/h7-8H,2-5H2,1H3. The van der Waals surface area contributed by atoms with Gasteiger partial charge in [-0.1, -0.05) is 0 Å². The second-order valence-corrected chi connectivity index (χ2v) is 2.96. The van der Waals surface area contributed by atoms with E-state index >= 15 is 0 Å². The fourth-order valence-electron chi connectivity index (χ4n) is 1.65. The Bertz CT molecular complexity index is 164. The Kier molecular flexibility index (Phi) is 1.38. The molecule has 0 bridgehead atoms. The monoisotopic (exact) mass is 139 g/mol. The molecule has 56 valence electrons. The molecule has 1 saturated heterocycles. The van der Waals surface area contributed by atoms with Crippen molar-refractivity contribution in [3.8, 4) is 0 Å². The van der Waals surface area contributed by atoms with Gasteiger partial charge < -0.3 is 4.90 Å². The quantitative estimate of drug-likeness (QED) is 0.513. The van der Waals surface area contributed by atoms with Gasteiger partial charge in [0.1, 0.15) is 0 Å². The van der Waals surface area contributed by atoms with Gasteiger partial charge in [-0.3, -0.25) is 10.3 Å². The van der Waals surface area contributed by atoms with Crippen molar-refractivity contribution in [1.82, 2.24) is 10.2 Å². The summed E-state index contributed by atoms with van der Waals surface area (Å²) in [6, 6.07) is 0.709. The first-order chi connectivity index (χ1) is 4.88. The van der Waals surface area contributed by atoms with Crippen LogP contribution in [0, 0.1) is 0 Å². The van der Waals surface area contributed by atoms with Crippen LogP contribution in [0.25, 0.3) is 0 Å². The minimum atomic E-state index is 0.709. The Hall–Kier alpha value is -0.570. The molecule has 1 atom stereocenters. The Morgan fingerprint density at radius 3 is 3.40 bits per heavy atom. The van der Waals surface area contributed by atoms with E-state index in [-0.39, 0.29) is 0 Å². The molecule has 0 aromatic heterocycles. The van der Waals surface area contributed by atoms with Gasteiger partial charge in [-0.25, -0.2) is 0 Å². The van der Waals surface area contributed by atoms with Crippen molar-refractivity contribution in [2.75, 3.05) is 19.8 Å². The van der Waals surface area contributed by atoms with E-state index in [2.05, 4.69) is 22.1 Å². The zero-order valence-electron chi connectivity index (χ0n) is 6.30. The highest BCUT2D eigenvalue weighted by Gasteiger charge is 2.26. The molecule has 3 nitrogen and oxygen atoms in total. The van der Waals surface area contributed by atoms with Crippen LogP contribution in [0.5, 0.6) is 0 Å². The summed E-state index contributed by atoms with van der Waals surface area (Å²) in [6.45, 7) is 5.27. The Labute approximate surface area is 61.1 Å². The summed E-state index contributed by atoms with van der Waals surface area (Å²) in [5, 5.41) is 3.33. The first kappa shape index (κ1) is 6.16.